The van der Waals surface area contributed by atoms with E-state index >= 15 is 0 Å². The molecule has 1 amide bonds. The first-order valence-electron chi connectivity index (χ1n) is 8.06. The molecule has 0 spiro atoms. The Hall–Kier alpha value is -3.29. The average Bonchev–Trinajstić information content (AvgIpc) is 2.81. The molecule has 3 rings (SSSR count). The zero-order valence-corrected chi connectivity index (χ0v) is 15.8. The van der Waals surface area contributed by atoms with Crippen LogP contribution in [0.15, 0.2) is 36.4 Å². The molecule has 5 nitrogen and oxygen atoms in total. The van der Waals surface area contributed by atoms with Gasteiger partial charge in [-0.2, -0.15) is 0 Å². The molecule has 2 aromatic rings. The molecule has 1 aliphatic heterocycles. The lowest BCUT2D eigenvalue weighted by molar-refractivity contribution is -0.120. The molecule has 0 aliphatic carbocycles. The first kappa shape index (κ1) is 18.5. The molecular formula is C20H15FN4OS. The van der Waals surface area contributed by atoms with Gasteiger partial charge >= 0.3 is 0 Å². The maximum atomic E-state index is 14.1. The molecule has 0 N–H and O–H groups in total. The summed E-state index contributed by atoms with van der Waals surface area (Å²) in [7, 11) is 0. The summed E-state index contributed by atoms with van der Waals surface area (Å²) < 4.78 is 14.1. The van der Waals surface area contributed by atoms with E-state index in [0.717, 1.165) is 0 Å². The fraction of sp³-hybridized carbons (Fsp3) is 0.200. The van der Waals surface area contributed by atoms with E-state index in [1.807, 2.05) is 0 Å². The van der Waals surface area contributed by atoms with E-state index in [9.17, 15) is 9.18 Å². The molecule has 2 aromatic carbocycles. The number of amides is 1. The number of benzene rings is 2. The number of nitrogens with zero attached hydrogens (tertiary/aromatic N) is 4. The second-order valence-corrected chi connectivity index (χ2v) is 7.01. The molecule has 134 valence electrons. The van der Waals surface area contributed by atoms with Crippen LogP contribution in [0.3, 0.4) is 0 Å². The van der Waals surface area contributed by atoms with Crippen molar-refractivity contribution in [2.75, 3.05) is 9.80 Å². The van der Waals surface area contributed by atoms with Crippen molar-refractivity contribution in [2.45, 2.75) is 26.3 Å². The van der Waals surface area contributed by atoms with Crippen LogP contribution in [0, 0.1) is 25.9 Å². The van der Waals surface area contributed by atoms with Crippen LogP contribution < -0.4 is 9.80 Å². The lowest BCUT2D eigenvalue weighted by Gasteiger charge is -2.29. The third-order valence-electron chi connectivity index (χ3n) is 4.54. The van der Waals surface area contributed by atoms with Crippen molar-refractivity contribution in [3.8, 4) is 0 Å². The minimum Gasteiger partial charge on any atom is -0.303 e. The van der Waals surface area contributed by atoms with Gasteiger partial charge in [0.2, 0.25) is 0 Å². The Morgan fingerprint density at radius 2 is 1.67 bits per heavy atom. The Labute approximate surface area is 162 Å². The van der Waals surface area contributed by atoms with Gasteiger partial charge in [-0.15, -0.1) is 0 Å². The predicted octanol–water partition coefficient (Wildman–Crippen LogP) is 5.15. The van der Waals surface area contributed by atoms with E-state index < -0.39 is 5.54 Å². The van der Waals surface area contributed by atoms with Crippen LogP contribution in [0.2, 0.25) is 0 Å². The first-order chi connectivity index (χ1) is 12.7. The van der Waals surface area contributed by atoms with E-state index in [-0.39, 0.29) is 28.2 Å². The maximum absolute atomic E-state index is 14.1. The number of carbonyl (C=O) groups is 1. The van der Waals surface area contributed by atoms with E-state index in [0.29, 0.717) is 16.9 Å². The topological polar surface area (TPSA) is 32.3 Å². The third-order valence-corrected chi connectivity index (χ3v) is 4.90. The quantitative estimate of drug-likeness (QED) is 0.535. The van der Waals surface area contributed by atoms with Gasteiger partial charge in [-0.05, 0) is 56.8 Å². The highest BCUT2D eigenvalue weighted by Gasteiger charge is 2.50. The lowest BCUT2D eigenvalue weighted by atomic mass is 10.0. The fourth-order valence-electron chi connectivity index (χ4n) is 3.01. The largest absolute Gasteiger partial charge is 0.303 e. The van der Waals surface area contributed by atoms with Gasteiger partial charge in [-0.25, -0.2) is 4.39 Å². The Balaban J connectivity index is 2.11. The van der Waals surface area contributed by atoms with Gasteiger partial charge < -0.3 is 4.90 Å². The molecule has 1 fully saturated rings. The number of halogens is 1. The Morgan fingerprint density at radius 3 is 2.26 bits per heavy atom. The van der Waals surface area contributed by atoms with Crippen molar-refractivity contribution in [1.82, 2.24) is 0 Å². The van der Waals surface area contributed by atoms with Crippen LogP contribution in [0.5, 0.6) is 0 Å². The SMILES string of the molecule is [C-]#[N+]c1ccc(N2C(=O)C(C)(C)N(c3ccc(C)c(F)c3)C2=S)cc1[N+]#[C-]. The van der Waals surface area contributed by atoms with Gasteiger partial charge in [0.1, 0.15) is 11.4 Å². The van der Waals surface area contributed by atoms with E-state index in [4.69, 9.17) is 25.4 Å². The molecule has 0 aromatic heterocycles. The number of hydrogen-bond donors (Lipinski definition) is 0. The van der Waals surface area contributed by atoms with Crippen LogP contribution in [0.1, 0.15) is 19.4 Å². The van der Waals surface area contributed by atoms with Crippen LogP contribution in [-0.2, 0) is 4.79 Å². The standard InChI is InChI=1S/C20H15FN4OS/c1-12-6-7-14(10-15(12)21)25-19(27)24(18(26)20(25,2)3)13-8-9-16(22-4)17(11-13)23-5/h6-11H,1-3H3. The summed E-state index contributed by atoms with van der Waals surface area (Å²) >= 11 is 5.54. The molecule has 27 heavy (non-hydrogen) atoms. The molecule has 0 unspecified atom stereocenters. The van der Waals surface area contributed by atoms with Gasteiger partial charge in [0.25, 0.3) is 5.91 Å². The Kier molecular flexibility index (Phi) is 4.43. The van der Waals surface area contributed by atoms with Crippen LogP contribution in [-0.4, -0.2) is 16.6 Å². The summed E-state index contributed by atoms with van der Waals surface area (Å²) in [6.07, 6.45) is 0. The number of thiocarbonyl (C=S) groups is 1. The van der Waals surface area contributed by atoms with E-state index in [1.165, 1.54) is 23.1 Å². The molecule has 7 heteroatoms. The summed E-state index contributed by atoms with van der Waals surface area (Å²) in [5.41, 5.74) is 0.717. The minimum atomic E-state index is -1.03. The van der Waals surface area contributed by atoms with Gasteiger partial charge in [0.15, 0.2) is 16.5 Å². The molecule has 0 saturated carbocycles. The predicted molar refractivity (Wildman–Crippen MR) is 107 cm³/mol. The van der Waals surface area contributed by atoms with Gasteiger partial charge in [0.05, 0.1) is 13.1 Å². The van der Waals surface area contributed by atoms with Gasteiger partial charge in [0, 0.05) is 11.4 Å². The summed E-state index contributed by atoms with van der Waals surface area (Å²) in [6.45, 7) is 19.5. The molecule has 1 saturated heterocycles. The molecule has 0 bridgehead atoms. The first-order valence-corrected chi connectivity index (χ1v) is 8.47. The van der Waals surface area contributed by atoms with Crippen molar-refractivity contribution in [3.05, 3.63) is 70.6 Å². The highest BCUT2D eigenvalue weighted by Crippen LogP contribution is 2.39. The maximum Gasteiger partial charge on any atom is 0.259 e. The number of aryl methyl sites for hydroxylation is 1. The van der Waals surface area contributed by atoms with Crippen molar-refractivity contribution in [1.29, 1.82) is 0 Å². The van der Waals surface area contributed by atoms with E-state index in [1.54, 1.807) is 43.9 Å². The van der Waals surface area contributed by atoms with Crippen molar-refractivity contribution >= 4 is 46.0 Å². The Bertz CT molecular complexity index is 1060. The molecule has 1 heterocycles. The summed E-state index contributed by atoms with van der Waals surface area (Å²) in [5.74, 6) is -0.673. The van der Waals surface area contributed by atoms with Gasteiger partial charge in [-0.3, -0.25) is 19.4 Å². The Morgan fingerprint density at radius 1 is 1.04 bits per heavy atom. The molecule has 0 atom stereocenters. The number of rotatable bonds is 2. The molecular weight excluding hydrogens is 363 g/mol. The van der Waals surface area contributed by atoms with Gasteiger partial charge in [-0.1, -0.05) is 18.2 Å². The van der Waals surface area contributed by atoms with Crippen LogP contribution in [0.25, 0.3) is 9.69 Å². The second kappa shape index (κ2) is 6.46. The normalized spacial score (nSPS) is 15.6. The summed E-state index contributed by atoms with van der Waals surface area (Å²) in [5, 5.41) is 0.194. The fourth-order valence-corrected chi connectivity index (χ4v) is 3.53. The monoisotopic (exact) mass is 378 g/mol. The third kappa shape index (κ3) is 2.83. The second-order valence-electron chi connectivity index (χ2n) is 6.65. The number of carbonyl (C=O) groups excluding carboxylic acids is 1. The number of hydrogen-bond acceptors (Lipinski definition) is 2. The van der Waals surface area contributed by atoms with Crippen LogP contribution >= 0.6 is 12.2 Å². The highest BCUT2D eigenvalue weighted by molar-refractivity contribution is 7.81. The number of anilines is 2. The average molecular weight is 378 g/mol. The zero-order chi connectivity index (χ0) is 19.9. The van der Waals surface area contributed by atoms with E-state index in [2.05, 4.69) is 9.69 Å². The van der Waals surface area contributed by atoms with Crippen molar-refractivity contribution in [2.24, 2.45) is 0 Å². The lowest BCUT2D eigenvalue weighted by Crippen LogP contribution is -2.44. The summed E-state index contributed by atoms with van der Waals surface area (Å²) in [4.78, 5) is 22.7. The molecule has 1 aliphatic rings. The van der Waals surface area contributed by atoms with Crippen molar-refractivity contribution in [3.63, 3.8) is 0 Å². The zero-order valence-electron chi connectivity index (χ0n) is 14.9. The minimum absolute atomic E-state index is 0.149. The van der Waals surface area contributed by atoms with Crippen LogP contribution in [0.4, 0.5) is 27.1 Å². The summed E-state index contributed by atoms with van der Waals surface area (Å²) in [6, 6.07) is 9.26. The molecule has 0 radical (unpaired) electrons. The highest BCUT2D eigenvalue weighted by atomic mass is 32.1. The van der Waals surface area contributed by atoms with Crippen molar-refractivity contribution < 1.29 is 9.18 Å². The smallest absolute Gasteiger partial charge is 0.259 e.